The molecule has 1 heterocycles. The van der Waals surface area contributed by atoms with Gasteiger partial charge in [0.15, 0.2) is 0 Å². The van der Waals surface area contributed by atoms with Crippen molar-refractivity contribution in [2.75, 3.05) is 19.7 Å². The number of aliphatic hydroxyl groups excluding tert-OH is 1. The SMILES string of the molecule is N[C@@H]1c2ccccc2C2(CCN(C(=O)CCCOc3ccccc3)CC2)[C@H]1O. The van der Waals surface area contributed by atoms with Crippen LogP contribution in [0.2, 0.25) is 0 Å². The van der Waals surface area contributed by atoms with Gasteiger partial charge in [0.05, 0.1) is 18.8 Å². The second kappa shape index (κ2) is 7.94. The molecule has 2 aromatic rings. The fourth-order valence-electron chi connectivity index (χ4n) is 4.72. The van der Waals surface area contributed by atoms with E-state index in [1.165, 1.54) is 5.56 Å². The van der Waals surface area contributed by atoms with E-state index in [9.17, 15) is 9.90 Å². The second-order valence-electron chi connectivity index (χ2n) is 7.86. The van der Waals surface area contributed by atoms with Gasteiger partial charge in [-0.05, 0) is 42.5 Å². The average Bonchev–Trinajstić information content (AvgIpc) is 2.95. The Balaban J connectivity index is 1.30. The average molecular weight is 380 g/mol. The summed E-state index contributed by atoms with van der Waals surface area (Å²) in [5, 5.41) is 10.9. The van der Waals surface area contributed by atoms with Gasteiger partial charge in [-0.3, -0.25) is 4.79 Å². The number of carbonyl (C=O) groups excluding carboxylic acids is 1. The molecular weight excluding hydrogens is 352 g/mol. The fourth-order valence-corrected chi connectivity index (χ4v) is 4.72. The number of aliphatic hydroxyl groups is 1. The Kier molecular flexibility index (Phi) is 5.38. The number of nitrogens with two attached hydrogens (primary N) is 1. The summed E-state index contributed by atoms with van der Waals surface area (Å²) in [6.07, 6.45) is 2.11. The maximum atomic E-state index is 12.6. The Morgan fingerprint density at radius 3 is 2.54 bits per heavy atom. The molecular formula is C23H28N2O3. The van der Waals surface area contributed by atoms with E-state index in [4.69, 9.17) is 10.5 Å². The van der Waals surface area contributed by atoms with Crippen LogP contribution >= 0.6 is 0 Å². The molecule has 5 nitrogen and oxygen atoms in total. The molecule has 1 aliphatic heterocycles. The zero-order valence-corrected chi connectivity index (χ0v) is 16.1. The lowest BCUT2D eigenvalue weighted by Crippen LogP contribution is -2.50. The van der Waals surface area contributed by atoms with Crippen LogP contribution in [0.4, 0.5) is 0 Å². The fraction of sp³-hybridized carbons (Fsp3) is 0.435. The first-order valence-corrected chi connectivity index (χ1v) is 10.1. The molecule has 28 heavy (non-hydrogen) atoms. The molecule has 148 valence electrons. The van der Waals surface area contributed by atoms with Crippen LogP contribution in [0.15, 0.2) is 54.6 Å². The van der Waals surface area contributed by atoms with Crippen molar-refractivity contribution in [1.29, 1.82) is 0 Å². The molecule has 0 bridgehead atoms. The van der Waals surface area contributed by atoms with Gasteiger partial charge < -0.3 is 20.5 Å². The lowest BCUT2D eigenvalue weighted by molar-refractivity contribution is -0.133. The van der Waals surface area contributed by atoms with Crippen molar-refractivity contribution in [3.8, 4) is 5.75 Å². The number of hydrogen-bond donors (Lipinski definition) is 2. The maximum Gasteiger partial charge on any atom is 0.222 e. The van der Waals surface area contributed by atoms with Gasteiger partial charge in [0.1, 0.15) is 5.75 Å². The summed E-state index contributed by atoms with van der Waals surface area (Å²) >= 11 is 0. The summed E-state index contributed by atoms with van der Waals surface area (Å²) in [6.45, 7) is 1.86. The summed E-state index contributed by atoms with van der Waals surface area (Å²) in [6, 6.07) is 17.4. The highest BCUT2D eigenvalue weighted by molar-refractivity contribution is 5.76. The highest BCUT2D eigenvalue weighted by Gasteiger charge is 2.51. The normalized spacial score (nSPS) is 22.9. The number of para-hydroxylation sites is 1. The summed E-state index contributed by atoms with van der Waals surface area (Å²) in [5.74, 6) is 0.997. The zero-order chi connectivity index (χ0) is 19.6. The van der Waals surface area contributed by atoms with Gasteiger partial charge in [-0.15, -0.1) is 0 Å². The standard InChI is InChI=1S/C23H28N2O3/c24-21-18-9-4-5-10-19(18)23(22(21)27)12-14-25(15-13-23)20(26)11-6-16-28-17-7-2-1-3-8-17/h1-5,7-10,21-22,27H,6,11-16,24H2/t21-,22+/m1/s1. The molecule has 2 aromatic carbocycles. The van der Waals surface area contributed by atoms with Gasteiger partial charge in [0.2, 0.25) is 5.91 Å². The van der Waals surface area contributed by atoms with Gasteiger partial charge in [0, 0.05) is 24.9 Å². The van der Waals surface area contributed by atoms with Crippen molar-refractivity contribution in [3.63, 3.8) is 0 Å². The third-order valence-electron chi connectivity index (χ3n) is 6.32. The summed E-state index contributed by atoms with van der Waals surface area (Å²) in [5.41, 5.74) is 8.17. The van der Waals surface area contributed by atoms with Crippen LogP contribution in [0, 0.1) is 0 Å². The summed E-state index contributed by atoms with van der Waals surface area (Å²) < 4.78 is 5.67. The van der Waals surface area contributed by atoms with Crippen LogP contribution in [-0.4, -0.2) is 41.7 Å². The van der Waals surface area contributed by atoms with Crippen LogP contribution in [0.3, 0.4) is 0 Å². The second-order valence-corrected chi connectivity index (χ2v) is 7.86. The third-order valence-corrected chi connectivity index (χ3v) is 6.32. The minimum atomic E-state index is -0.582. The number of ether oxygens (including phenoxy) is 1. The highest BCUT2D eigenvalue weighted by atomic mass is 16.5. The quantitative estimate of drug-likeness (QED) is 0.782. The minimum absolute atomic E-state index is 0.164. The first-order valence-electron chi connectivity index (χ1n) is 10.1. The molecule has 1 amide bonds. The number of benzene rings is 2. The monoisotopic (exact) mass is 380 g/mol. The van der Waals surface area contributed by atoms with E-state index in [-0.39, 0.29) is 17.4 Å². The Labute approximate surface area is 166 Å². The van der Waals surface area contributed by atoms with Gasteiger partial charge in [-0.2, -0.15) is 0 Å². The number of hydrogen-bond acceptors (Lipinski definition) is 4. The van der Waals surface area contributed by atoms with E-state index in [2.05, 4.69) is 6.07 Å². The molecule has 4 rings (SSSR count). The van der Waals surface area contributed by atoms with Gasteiger partial charge in [0.25, 0.3) is 0 Å². The molecule has 2 atom stereocenters. The van der Waals surface area contributed by atoms with E-state index in [1.807, 2.05) is 53.4 Å². The number of fused-ring (bicyclic) bond motifs is 2. The molecule has 0 aromatic heterocycles. The van der Waals surface area contributed by atoms with Crippen molar-refractivity contribution in [1.82, 2.24) is 4.90 Å². The molecule has 0 unspecified atom stereocenters. The topological polar surface area (TPSA) is 75.8 Å². The highest BCUT2D eigenvalue weighted by Crippen LogP contribution is 2.50. The van der Waals surface area contributed by atoms with Crippen LogP contribution in [0.1, 0.15) is 42.9 Å². The molecule has 1 aliphatic carbocycles. The van der Waals surface area contributed by atoms with Crippen molar-refractivity contribution < 1.29 is 14.6 Å². The number of likely N-dealkylation sites (tertiary alicyclic amines) is 1. The number of piperidine rings is 1. The first-order chi connectivity index (χ1) is 13.6. The van der Waals surface area contributed by atoms with E-state index < -0.39 is 6.10 Å². The zero-order valence-electron chi connectivity index (χ0n) is 16.1. The van der Waals surface area contributed by atoms with E-state index in [0.29, 0.717) is 32.5 Å². The van der Waals surface area contributed by atoms with Crippen LogP contribution in [0.25, 0.3) is 0 Å². The Hall–Kier alpha value is -2.37. The van der Waals surface area contributed by atoms with E-state index >= 15 is 0 Å². The maximum absolute atomic E-state index is 12.6. The van der Waals surface area contributed by atoms with Crippen molar-refractivity contribution >= 4 is 5.91 Å². The first kappa shape index (κ1) is 19.0. The Morgan fingerprint density at radius 1 is 1.11 bits per heavy atom. The van der Waals surface area contributed by atoms with Crippen LogP contribution < -0.4 is 10.5 Å². The summed E-state index contributed by atoms with van der Waals surface area (Å²) in [7, 11) is 0. The van der Waals surface area contributed by atoms with Crippen molar-refractivity contribution in [2.24, 2.45) is 5.73 Å². The molecule has 1 saturated heterocycles. The predicted octanol–water partition coefficient (Wildman–Crippen LogP) is 2.78. The Morgan fingerprint density at radius 2 is 1.79 bits per heavy atom. The molecule has 2 aliphatic rings. The van der Waals surface area contributed by atoms with Crippen molar-refractivity contribution in [3.05, 3.63) is 65.7 Å². The number of amides is 1. The van der Waals surface area contributed by atoms with Gasteiger partial charge in [-0.25, -0.2) is 0 Å². The molecule has 5 heteroatoms. The summed E-state index contributed by atoms with van der Waals surface area (Å²) in [4.78, 5) is 14.5. The smallest absolute Gasteiger partial charge is 0.222 e. The van der Waals surface area contributed by atoms with Gasteiger partial charge >= 0.3 is 0 Å². The molecule has 0 radical (unpaired) electrons. The van der Waals surface area contributed by atoms with Crippen molar-refractivity contribution in [2.45, 2.75) is 43.2 Å². The largest absolute Gasteiger partial charge is 0.494 e. The number of carbonyl (C=O) groups is 1. The Bertz CT molecular complexity index is 816. The molecule has 0 saturated carbocycles. The van der Waals surface area contributed by atoms with E-state index in [0.717, 1.165) is 24.2 Å². The van der Waals surface area contributed by atoms with E-state index in [1.54, 1.807) is 0 Å². The van der Waals surface area contributed by atoms with Gasteiger partial charge in [-0.1, -0.05) is 42.5 Å². The molecule has 3 N–H and O–H groups in total. The number of nitrogens with zero attached hydrogens (tertiary/aromatic N) is 1. The third kappa shape index (κ3) is 3.40. The lowest BCUT2D eigenvalue weighted by atomic mass is 9.72. The lowest BCUT2D eigenvalue weighted by Gasteiger charge is -2.42. The number of rotatable bonds is 5. The predicted molar refractivity (Wildman–Crippen MR) is 108 cm³/mol. The minimum Gasteiger partial charge on any atom is -0.494 e. The molecule has 1 spiro atoms. The molecule has 1 fully saturated rings. The van der Waals surface area contributed by atoms with Crippen LogP contribution in [-0.2, 0) is 10.2 Å². The van der Waals surface area contributed by atoms with Crippen LogP contribution in [0.5, 0.6) is 5.75 Å².